The Hall–Kier alpha value is -3.40. The number of para-hydroxylation sites is 1. The van der Waals surface area contributed by atoms with E-state index >= 15 is 0 Å². The van der Waals surface area contributed by atoms with Crippen LogP contribution in [0.1, 0.15) is 30.9 Å². The average molecular weight is 618 g/mol. The van der Waals surface area contributed by atoms with Crippen LogP contribution in [0.15, 0.2) is 84.1 Å². The molecule has 0 saturated carbocycles. The maximum absolute atomic E-state index is 6.66. The van der Waals surface area contributed by atoms with Crippen LogP contribution in [-0.4, -0.2) is 66.6 Å². The molecule has 2 aliphatic rings. The van der Waals surface area contributed by atoms with Crippen LogP contribution in [0, 0.1) is 11.8 Å². The number of hydrogen-bond acceptors (Lipinski definition) is 8. The number of benzene rings is 3. The first-order valence-electron chi connectivity index (χ1n) is 15.8. The van der Waals surface area contributed by atoms with Crippen molar-refractivity contribution in [1.29, 1.82) is 0 Å². The summed E-state index contributed by atoms with van der Waals surface area (Å²) in [7, 11) is 5.05. The summed E-state index contributed by atoms with van der Waals surface area (Å²) in [4.78, 5) is 0. The monoisotopic (exact) mass is 617 g/mol. The van der Waals surface area contributed by atoms with E-state index in [1.54, 1.807) is 21.3 Å². The van der Waals surface area contributed by atoms with Crippen molar-refractivity contribution >= 4 is 10.8 Å². The van der Waals surface area contributed by atoms with Gasteiger partial charge in [-0.05, 0) is 41.1 Å². The molecule has 5 rings (SSSR count). The van der Waals surface area contributed by atoms with Crippen molar-refractivity contribution in [2.75, 3.05) is 54.4 Å². The Morgan fingerprint density at radius 2 is 1.58 bits per heavy atom. The maximum Gasteiger partial charge on any atom is 0.146 e. The Kier molecular flexibility index (Phi) is 12.3. The molecule has 1 aliphatic heterocycles. The quantitative estimate of drug-likeness (QED) is 0.146. The summed E-state index contributed by atoms with van der Waals surface area (Å²) < 4.78 is 41.3. The van der Waals surface area contributed by atoms with E-state index in [0.29, 0.717) is 26.4 Å². The van der Waals surface area contributed by atoms with E-state index in [1.807, 2.05) is 36.4 Å². The van der Waals surface area contributed by atoms with Crippen molar-refractivity contribution in [3.05, 3.63) is 95.3 Å². The van der Waals surface area contributed by atoms with Gasteiger partial charge in [-0.2, -0.15) is 0 Å². The van der Waals surface area contributed by atoms with Gasteiger partial charge in [-0.25, -0.2) is 0 Å². The third-order valence-electron chi connectivity index (χ3n) is 8.55. The second kappa shape index (κ2) is 16.8. The Morgan fingerprint density at radius 3 is 2.38 bits per heavy atom. The van der Waals surface area contributed by atoms with E-state index in [-0.39, 0.29) is 30.8 Å². The van der Waals surface area contributed by atoms with E-state index in [9.17, 15) is 0 Å². The van der Waals surface area contributed by atoms with Crippen molar-refractivity contribution in [1.82, 2.24) is 5.32 Å². The highest BCUT2D eigenvalue weighted by molar-refractivity contribution is 5.89. The van der Waals surface area contributed by atoms with Crippen molar-refractivity contribution in [2.45, 2.75) is 45.2 Å². The lowest BCUT2D eigenvalue weighted by Crippen LogP contribution is -2.53. The molecule has 8 heteroatoms. The molecule has 1 aliphatic carbocycles. The summed E-state index contributed by atoms with van der Waals surface area (Å²) in [5.41, 5.74) is 3.45. The molecule has 1 saturated heterocycles. The van der Waals surface area contributed by atoms with Crippen LogP contribution >= 0.6 is 0 Å². The Morgan fingerprint density at radius 1 is 0.800 bits per heavy atom. The lowest BCUT2D eigenvalue weighted by atomic mass is 9.76. The van der Waals surface area contributed by atoms with Gasteiger partial charge in [0.2, 0.25) is 0 Å². The zero-order valence-electron chi connectivity index (χ0n) is 27.0. The normalized spacial score (nSPS) is 21.7. The van der Waals surface area contributed by atoms with Gasteiger partial charge in [0.1, 0.15) is 18.3 Å². The number of rotatable bonds is 16. The van der Waals surface area contributed by atoms with Gasteiger partial charge in [-0.1, -0.05) is 61.0 Å². The van der Waals surface area contributed by atoms with Crippen LogP contribution < -0.4 is 14.8 Å². The van der Waals surface area contributed by atoms with Gasteiger partial charge in [0.25, 0.3) is 0 Å². The fourth-order valence-corrected chi connectivity index (χ4v) is 6.32. The molecule has 4 atom stereocenters. The molecule has 0 aromatic heterocycles. The number of allylic oxidation sites excluding steroid dienone is 3. The maximum atomic E-state index is 6.66. The number of nitrogens with one attached hydrogen (secondary N) is 1. The largest absolute Gasteiger partial charge is 0.498 e. The minimum absolute atomic E-state index is 0.0666. The topological polar surface area (TPSA) is 76.6 Å². The molecule has 8 nitrogen and oxygen atoms in total. The van der Waals surface area contributed by atoms with Crippen LogP contribution in [0.25, 0.3) is 10.8 Å². The van der Waals surface area contributed by atoms with Crippen molar-refractivity contribution < 1.29 is 33.2 Å². The molecular formula is C37H47NO7. The number of piperidine rings is 1. The van der Waals surface area contributed by atoms with E-state index in [1.165, 1.54) is 5.57 Å². The predicted molar refractivity (Wildman–Crippen MR) is 175 cm³/mol. The van der Waals surface area contributed by atoms with Crippen molar-refractivity contribution in [3.63, 3.8) is 0 Å². The van der Waals surface area contributed by atoms with Gasteiger partial charge < -0.3 is 38.5 Å². The fraction of sp³-hybridized carbons (Fsp3) is 0.459. The van der Waals surface area contributed by atoms with Crippen molar-refractivity contribution in [2.24, 2.45) is 11.8 Å². The highest BCUT2D eigenvalue weighted by atomic mass is 16.7. The highest BCUT2D eigenvalue weighted by Gasteiger charge is 2.39. The van der Waals surface area contributed by atoms with Gasteiger partial charge in [-0.3, -0.25) is 0 Å². The summed E-state index contributed by atoms with van der Waals surface area (Å²) >= 11 is 0. The van der Waals surface area contributed by atoms with E-state index in [4.69, 9.17) is 33.2 Å². The van der Waals surface area contributed by atoms with Crippen LogP contribution in [0.5, 0.6) is 11.5 Å². The van der Waals surface area contributed by atoms with Crippen molar-refractivity contribution in [3.8, 4) is 11.5 Å². The van der Waals surface area contributed by atoms with Gasteiger partial charge >= 0.3 is 0 Å². The zero-order valence-corrected chi connectivity index (χ0v) is 27.0. The molecule has 3 aromatic rings. The minimum Gasteiger partial charge on any atom is -0.498 e. The molecule has 0 radical (unpaired) electrons. The lowest BCUT2D eigenvalue weighted by Gasteiger charge is -2.42. The van der Waals surface area contributed by atoms with Gasteiger partial charge in [0, 0.05) is 49.9 Å². The zero-order chi connectivity index (χ0) is 31.4. The predicted octanol–water partition coefficient (Wildman–Crippen LogP) is 6.42. The summed E-state index contributed by atoms with van der Waals surface area (Å²) in [5.74, 6) is 3.08. The van der Waals surface area contributed by atoms with Crippen LogP contribution in [0.4, 0.5) is 0 Å². The summed E-state index contributed by atoms with van der Waals surface area (Å²) in [6.45, 7) is 6.22. The van der Waals surface area contributed by atoms with Crippen LogP contribution in [0.3, 0.4) is 0 Å². The molecular weight excluding hydrogens is 570 g/mol. The third-order valence-corrected chi connectivity index (χ3v) is 8.55. The number of hydrogen-bond donors (Lipinski definition) is 1. The molecule has 0 spiro atoms. The number of fused-ring (bicyclic) bond motifs is 1. The lowest BCUT2D eigenvalue weighted by molar-refractivity contribution is -0.125. The molecule has 1 fully saturated rings. The Balaban J connectivity index is 1.20. The molecule has 1 N–H and O–H groups in total. The molecule has 242 valence electrons. The van der Waals surface area contributed by atoms with Crippen LogP contribution in [0.2, 0.25) is 0 Å². The Bertz CT molecular complexity index is 1440. The standard InChI is InChI=1S/C37H47NO7/c1-26-18-30(43-17-9-16-42-24-29-11-6-8-13-33(29)40-3)14-15-31(26)37-35(21-38-22-36(37)45-25-39-2)44-23-27-19-28-10-5-7-12-32(28)34(20-27)41-4/h5-8,10-15,19-20,26,35-38H,9,16-18,21-25H2,1-4H3/t26?,35-,36+,37+/m0/s1. The molecule has 0 bridgehead atoms. The molecule has 1 heterocycles. The SMILES string of the molecule is COCO[C@@H]1CNC[C@H](OCc2cc(OC)c3ccccc3c2)[C@H]1C1=CC=C(OCCCOCc2ccccc2OC)CC1C. The molecule has 3 aromatic carbocycles. The summed E-state index contributed by atoms with van der Waals surface area (Å²) in [6, 6.07) is 20.5. The first-order valence-corrected chi connectivity index (χ1v) is 15.8. The second-order valence-corrected chi connectivity index (χ2v) is 11.6. The molecule has 45 heavy (non-hydrogen) atoms. The number of ether oxygens (including phenoxy) is 7. The molecule has 1 unspecified atom stereocenters. The fourth-order valence-electron chi connectivity index (χ4n) is 6.32. The second-order valence-electron chi connectivity index (χ2n) is 11.6. The summed E-state index contributed by atoms with van der Waals surface area (Å²) in [6.07, 6.45) is 5.85. The number of methoxy groups -OCH3 is 3. The first kappa shape index (κ1) is 33.0. The van der Waals surface area contributed by atoms with E-state index in [2.05, 4.69) is 48.7 Å². The van der Waals surface area contributed by atoms with E-state index in [0.717, 1.165) is 65.1 Å². The average Bonchev–Trinajstić information content (AvgIpc) is 3.07. The third kappa shape index (κ3) is 8.66. The smallest absolute Gasteiger partial charge is 0.146 e. The highest BCUT2D eigenvalue weighted by Crippen LogP contribution is 2.37. The first-order chi connectivity index (χ1) is 22.1. The van der Waals surface area contributed by atoms with E-state index < -0.39 is 0 Å². The minimum atomic E-state index is -0.0696. The van der Waals surface area contributed by atoms with Crippen LogP contribution in [-0.2, 0) is 36.9 Å². The van der Waals surface area contributed by atoms with Gasteiger partial charge in [0.15, 0.2) is 0 Å². The van der Waals surface area contributed by atoms with Gasteiger partial charge in [-0.15, -0.1) is 0 Å². The Labute approximate surface area is 267 Å². The molecule has 0 amide bonds. The summed E-state index contributed by atoms with van der Waals surface area (Å²) in [5, 5.41) is 5.76. The van der Waals surface area contributed by atoms with Gasteiger partial charge in [0.05, 0.1) is 58.6 Å².